The Kier molecular flexibility index (Phi) is 3.47. The normalized spacial score (nSPS) is 25.0. The molecule has 5 nitrogen and oxygen atoms in total. The summed E-state index contributed by atoms with van der Waals surface area (Å²) >= 11 is 0. The van der Waals surface area contributed by atoms with Gasteiger partial charge in [-0.15, -0.1) is 0 Å². The molecule has 2 N–H and O–H groups in total. The number of likely N-dealkylation sites (tertiary alicyclic amines) is 1. The van der Waals surface area contributed by atoms with Gasteiger partial charge < -0.3 is 15.2 Å². The van der Waals surface area contributed by atoms with E-state index in [9.17, 15) is 4.79 Å². The average molecular weight is 237 g/mol. The predicted octanol–water partition coefficient (Wildman–Crippen LogP) is 1.18. The molecule has 1 amide bonds. The standard InChI is InChI=1S/C12H19N3O2/c1-8-3-4-15(10(5-8)7-13)12(16)11-6-9(2)14-17-11/h6,8,10H,3-5,7,13H2,1-2H3. The maximum Gasteiger partial charge on any atom is 0.292 e. The van der Waals surface area contributed by atoms with Crippen LogP contribution < -0.4 is 5.73 Å². The number of nitrogens with two attached hydrogens (primary N) is 1. The van der Waals surface area contributed by atoms with Gasteiger partial charge in [0.25, 0.3) is 5.91 Å². The van der Waals surface area contributed by atoms with Crippen LogP contribution in [0.4, 0.5) is 0 Å². The summed E-state index contributed by atoms with van der Waals surface area (Å²) in [7, 11) is 0. The molecule has 0 bridgehead atoms. The third-order valence-electron chi connectivity index (χ3n) is 3.35. The molecule has 5 heteroatoms. The number of carbonyl (C=O) groups is 1. The maximum atomic E-state index is 12.2. The Morgan fingerprint density at radius 2 is 2.47 bits per heavy atom. The molecular formula is C12H19N3O2. The van der Waals surface area contributed by atoms with Crippen LogP contribution in [0.15, 0.2) is 10.6 Å². The number of hydrogen-bond acceptors (Lipinski definition) is 4. The summed E-state index contributed by atoms with van der Waals surface area (Å²) in [6.07, 6.45) is 1.99. The van der Waals surface area contributed by atoms with Crippen molar-refractivity contribution in [2.24, 2.45) is 11.7 Å². The van der Waals surface area contributed by atoms with Crippen molar-refractivity contribution in [2.45, 2.75) is 32.7 Å². The molecule has 17 heavy (non-hydrogen) atoms. The predicted molar refractivity (Wildman–Crippen MR) is 63.5 cm³/mol. The lowest BCUT2D eigenvalue weighted by atomic mass is 9.92. The second-order valence-corrected chi connectivity index (χ2v) is 4.85. The first-order valence-corrected chi connectivity index (χ1v) is 6.06. The number of piperidine rings is 1. The van der Waals surface area contributed by atoms with E-state index in [0.29, 0.717) is 18.2 Å². The molecule has 1 aliphatic heterocycles. The molecule has 2 atom stereocenters. The summed E-state index contributed by atoms with van der Waals surface area (Å²) < 4.78 is 5.02. The first-order valence-electron chi connectivity index (χ1n) is 6.06. The molecule has 0 saturated carbocycles. The number of hydrogen-bond donors (Lipinski definition) is 1. The highest BCUT2D eigenvalue weighted by molar-refractivity contribution is 5.91. The number of rotatable bonds is 2. The Bertz CT molecular complexity index is 402. The minimum absolute atomic E-state index is 0.0899. The van der Waals surface area contributed by atoms with E-state index in [1.165, 1.54) is 0 Å². The van der Waals surface area contributed by atoms with Crippen molar-refractivity contribution < 1.29 is 9.32 Å². The monoisotopic (exact) mass is 237 g/mol. The van der Waals surface area contributed by atoms with Crippen molar-refractivity contribution in [1.29, 1.82) is 0 Å². The fourth-order valence-electron chi connectivity index (χ4n) is 2.35. The summed E-state index contributed by atoms with van der Waals surface area (Å²) in [4.78, 5) is 14.0. The number of nitrogens with zero attached hydrogens (tertiary/aromatic N) is 2. The van der Waals surface area contributed by atoms with Crippen LogP contribution in [-0.2, 0) is 0 Å². The molecule has 0 aromatic carbocycles. The summed E-state index contributed by atoms with van der Waals surface area (Å²) in [6, 6.07) is 1.80. The minimum Gasteiger partial charge on any atom is -0.351 e. The van der Waals surface area contributed by atoms with Gasteiger partial charge in [-0.2, -0.15) is 0 Å². The van der Waals surface area contributed by atoms with Crippen molar-refractivity contribution in [1.82, 2.24) is 10.1 Å². The lowest BCUT2D eigenvalue weighted by Crippen LogP contribution is -2.49. The van der Waals surface area contributed by atoms with E-state index in [-0.39, 0.29) is 11.9 Å². The molecule has 2 unspecified atom stereocenters. The van der Waals surface area contributed by atoms with Gasteiger partial charge in [-0.3, -0.25) is 4.79 Å². The number of aryl methyl sites for hydroxylation is 1. The largest absolute Gasteiger partial charge is 0.351 e. The fraction of sp³-hybridized carbons (Fsp3) is 0.667. The van der Waals surface area contributed by atoms with Crippen molar-refractivity contribution in [3.8, 4) is 0 Å². The van der Waals surface area contributed by atoms with Crippen LogP contribution in [0.5, 0.6) is 0 Å². The molecule has 1 saturated heterocycles. The molecule has 1 aliphatic rings. The Balaban J connectivity index is 2.13. The summed E-state index contributed by atoms with van der Waals surface area (Å²) in [5.74, 6) is 0.854. The fourth-order valence-corrected chi connectivity index (χ4v) is 2.35. The van der Waals surface area contributed by atoms with Crippen LogP contribution in [-0.4, -0.2) is 35.1 Å². The van der Waals surface area contributed by atoms with Gasteiger partial charge in [-0.25, -0.2) is 0 Å². The number of amides is 1. The van der Waals surface area contributed by atoms with Crippen LogP contribution in [0, 0.1) is 12.8 Å². The highest BCUT2D eigenvalue weighted by atomic mass is 16.5. The maximum absolute atomic E-state index is 12.2. The van der Waals surface area contributed by atoms with Crippen LogP contribution in [0.25, 0.3) is 0 Å². The van der Waals surface area contributed by atoms with E-state index in [1.54, 1.807) is 13.0 Å². The van der Waals surface area contributed by atoms with Gasteiger partial charge in [0.1, 0.15) is 0 Å². The lowest BCUT2D eigenvalue weighted by molar-refractivity contribution is 0.0532. The van der Waals surface area contributed by atoms with Gasteiger partial charge in [0.15, 0.2) is 0 Å². The summed E-state index contributed by atoms with van der Waals surface area (Å²) in [5, 5.41) is 3.74. The van der Waals surface area contributed by atoms with Crippen molar-refractivity contribution in [2.75, 3.05) is 13.1 Å². The molecule has 2 heterocycles. The third-order valence-corrected chi connectivity index (χ3v) is 3.35. The third kappa shape index (κ3) is 2.49. The Hall–Kier alpha value is -1.36. The van der Waals surface area contributed by atoms with E-state index in [0.717, 1.165) is 25.1 Å². The first-order chi connectivity index (χ1) is 8.11. The summed E-state index contributed by atoms with van der Waals surface area (Å²) in [5.41, 5.74) is 6.46. The second kappa shape index (κ2) is 4.87. The number of aromatic nitrogens is 1. The van der Waals surface area contributed by atoms with Gasteiger partial charge in [0.05, 0.1) is 5.69 Å². The van der Waals surface area contributed by atoms with Crippen LogP contribution in [0.3, 0.4) is 0 Å². The average Bonchev–Trinajstić information content (AvgIpc) is 2.75. The zero-order chi connectivity index (χ0) is 12.4. The highest BCUT2D eigenvalue weighted by Gasteiger charge is 2.31. The smallest absolute Gasteiger partial charge is 0.292 e. The quantitative estimate of drug-likeness (QED) is 0.838. The van der Waals surface area contributed by atoms with Gasteiger partial charge >= 0.3 is 0 Å². The molecule has 94 valence electrons. The Labute approximate surface area is 101 Å². The zero-order valence-electron chi connectivity index (χ0n) is 10.3. The topological polar surface area (TPSA) is 72.4 Å². The minimum atomic E-state index is -0.0899. The van der Waals surface area contributed by atoms with Crippen LogP contribution in [0.2, 0.25) is 0 Å². The molecule has 0 aliphatic carbocycles. The van der Waals surface area contributed by atoms with Crippen LogP contribution in [0.1, 0.15) is 36.0 Å². The molecular weight excluding hydrogens is 218 g/mol. The molecule has 1 aromatic heterocycles. The van der Waals surface area contributed by atoms with E-state index < -0.39 is 0 Å². The molecule has 0 spiro atoms. The van der Waals surface area contributed by atoms with Gasteiger partial charge in [-0.1, -0.05) is 12.1 Å². The van der Waals surface area contributed by atoms with Crippen LogP contribution >= 0.6 is 0 Å². The van der Waals surface area contributed by atoms with Gasteiger partial charge in [0.2, 0.25) is 5.76 Å². The number of carbonyl (C=O) groups excluding carboxylic acids is 1. The molecule has 2 rings (SSSR count). The Morgan fingerprint density at radius 1 is 1.71 bits per heavy atom. The van der Waals surface area contributed by atoms with E-state index in [4.69, 9.17) is 10.3 Å². The summed E-state index contributed by atoms with van der Waals surface area (Å²) in [6.45, 7) is 5.26. The van der Waals surface area contributed by atoms with E-state index in [1.807, 2.05) is 4.90 Å². The van der Waals surface area contributed by atoms with E-state index >= 15 is 0 Å². The van der Waals surface area contributed by atoms with Gasteiger partial charge in [-0.05, 0) is 25.7 Å². The van der Waals surface area contributed by atoms with Gasteiger partial charge in [0, 0.05) is 25.2 Å². The van der Waals surface area contributed by atoms with Crippen molar-refractivity contribution in [3.05, 3.63) is 17.5 Å². The molecule has 1 fully saturated rings. The van der Waals surface area contributed by atoms with Crippen molar-refractivity contribution >= 4 is 5.91 Å². The molecule has 0 radical (unpaired) electrons. The first kappa shape index (κ1) is 12.1. The SMILES string of the molecule is Cc1cc(C(=O)N2CCC(C)CC2CN)on1. The Morgan fingerprint density at radius 3 is 3.06 bits per heavy atom. The second-order valence-electron chi connectivity index (χ2n) is 4.85. The molecule has 1 aromatic rings. The van der Waals surface area contributed by atoms with E-state index in [2.05, 4.69) is 12.1 Å². The highest BCUT2D eigenvalue weighted by Crippen LogP contribution is 2.23. The lowest BCUT2D eigenvalue weighted by Gasteiger charge is -2.37. The van der Waals surface area contributed by atoms with Crippen molar-refractivity contribution in [3.63, 3.8) is 0 Å². The zero-order valence-corrected chi connectivity index (χ0v) is 10.3.